The number of aromatic nitrogens is 1. The molecule has 0 spiro atoms. The van der Waals surface area contributed by atoms with E-state index in [1.807, 2.05) is 40.4 Å². The summed E-state index contributed by atoms with van der Waals surface area (Å²) in [5.41, 5.74) is 1.35. The number of hydrogen-bond donors (Lipinski definition) is 1. The number of nitrogens with zero attached hydrogens (tertiary/aromatic N) is 3. The van der Waals surface area contributed by atoms with Crippen LogP contribution in [0.3, 0.4) is 0 Å². The van der Waals surface area contributed by atoms with Crippen molar-refractivity contribution >= 4 is 33.8 Å². The molecule has 0 bridgehead atoms. The molecular weight excluding hydrogens is 459 g/mol. The standard InChI is InChI=1S/C23H25ClF3N3OS/c1-29(12-13-31)10-2-3-11-30(20-9-5-7-18(15-20)23(25,26)27)22-28-21(16-32-22)17-6-4-8-19(24)14-17/h4-9,14-16,31H,2-3,10-13H2,1H3. The van der Waals surface area contributed by atoms with Crippen molar-refractivity contribution in [1.82, 2.24) is 9.88 Å². The first-order valence-corrected chi connectivity index (χ1v) is 11.5. The molecule has 1 N–H and O–H groups in total. The van der Waals surface area contributed by atoms with Crippen LogP contribution in [0.1, 0.15) is 18.4 Å². The van der Waals surface area contributed by atoms with Crippen LogP contribution >= 0.6 is 22.9 Å². The Morgan fingerprint density at radius 1 is 1.03 bits per heavy atom. The third-order valence-electron chi connectivity index (χ3n) is 4.98. The lowest BCUT2D eigenvalue weighted by Gasteiger charge is -2.24. The van der Waals surface area contributed by atoms with E-state index >= 15 is 0 Å². The van der Waals surface area contributed by atoms with Crippen molar-refractivity contribution in [2.45, 2.75) is 19.0 Å². The van der Waals surface area contributed by atoms with Crippen LogP contribution in [0.2, 0.25) is 5.02 Å². The first-order valence-electron chi connectivity index (χ1n) is 10.2. The Kier molecular flexibility index (Phi) is 8.53. The quantitative estimate of drug-likeness (QED) is 0.342. The molecule has 0 unspecified atom stereocenters. The molecule has 32 heavy (non-hydrogen) atoms. The highest BCUT2D eigenvalue weighted by molar-refractivity contribution is 7.14. The van der Waals surface area contributed by atoms with Crippen molar-refractivity contribution in [3.8, 4) is 11.3 Å². The van der Waals surface area contributed by atoms with Gasteiger partial charge in [-0.1, -0.05) is 29.8 Å². The van der Waals surface area contributed by atoms with E-state index in [0.29, 0.717) is 28.9 Å². The van der Waals surface area contributed by atoms with Gasteiger partial charge in [-0.05, 0) is 56.8 Å². The molecule has 1 aromatic heterocycles. The second kappa shape index (κ2) is 11.1. The third kappa shape index (κ3) is 6.68. The first-order chi connectivity index (χ1) is 15.3. The maximum Gasteiger partial charge on any atom is 0.416 e. The van der Waals surface area contributed by atoms with Crippen LogP contribution < -0.4 is 4.90 Å². The van der Waals surface area contributed by atoms with Gasteiger partial charge < -0.3 is 14.9 Å². The number of anilines is 2. The Morgan fingerprint density at radius 3 is 2.50 bits per heavy atom. The normalized spacial score (nSPS) is 11.8. The van der Waals surface area contributed by atoms with Crippen LogP contribution in [0, 0.1) is 0 Å². The van der Waals surface area contributed by atoms with Crippen LogP contribution in [0.15, 0.2) is 53.9 Å². The highest BCUT2D eigenvalue weighted by atomic mass is 35.5. The molecule has 0 amide bonds. The van der Waals surface area contributed by atoms with Crippen LogP contribution in [0.4, 0.5) is 24.0 Å². The zero-order chi connectivity index (χ0) is 23.1. The lowest BCUT2D eigenvalue weighted by atomic mass is 10.1. The fraction of sp³-hybridized carbons (Fsp3) is 0.348. The molecule has 0 atom stereocenters. The van der Waals surface area contributed by atoms with E-state index in [0.717, 1.165) is 36.7 Å². The van der Waals surface area contributed by atoms with Crippen molar-refractivity contribution in [1.29, 1.82) is 0 Å². The molecule has 0 fully saturated rings. The molecule has 0 aliphatic heterocycles. The van der Waals surface area contributed by atoms with E-state index < -0.39 is 11.7 Å². The number of unbranched alkanes of at least 4 members (excludes halogenated alkanes) is 1. The van der Waals surface area contributed by atoms with E-state index in [1.165, 1.54) is 23.5 Å². The average Bonchev–Trinajstić information content (AvgIpc) is 3.23. The summed E-state index contributed by atoms with van der Waals surface area (Å²) in [5, 5.41) is 12.1. The van der Waals surface area contributed by atoms with Crippen LogP contribution in [-0.2, 0) is 6.18 Å². The van der Waals surface area contributed by atoms with Gasteiger partial charge in [-0.15, -0.1) is 11.3 Å². The van der Waals surface area contributed by atoms with Gasteiger partial charge in [0.05, 0.1) is 17.9 Å². The number of likely N-dealkylation sites (N-methyl/N-ethyl adjacent to an activating group) is 1. The van der Waals surface area contributed by atoms with Gasteiger partial charge in [0.1, 0.15) is 0 Å². The molecule has 2 aromatic carbocycles. The third-order valence-corrected chi connectivity index (χ3v) is 6.08. The Balaban J connectivity index is 1.84. The molecule has 172 valence electrons. The number of aliphatic hydroxyl groups is 1. The van der Waals surface area contributed by atoms with Gasteiger partial charge in [-0.3, -0.25) is 0 Å². The Bertz CT molecular complexity index is 1010. The monoisotopic (exact) mass is 483 g/mol. The van der Waals surface area contributed by atoms with Gasteiger partial charge in [-0.25, -0.2) is 4.98 Å². The molecular formula is C23H25ClF3N3OS. The topological polar surface area (TPSA) is 39.6 Å². The summed E-state index contributed by atoms with van der Waals surface area (Å²) < 4.78 is 39.9. The number of rotatable bonds is 10. The molecule has 1 heterocycles. The van der Waals surface area contributed by atoms with E-state index in [4.69, 9.17) is 21.7 Å². The minimum atomic E-state index is -4.41. The van der Waals surface area contributed by atoms with Crippen molar-refractivity contribution in [3.05, 3.63) is 64.5 Å². The summed E-state index contributed by atoms with van der Waals surface area (Å²) in [6.45, 7) is 2.00. The predicted molar refractivity (Wildman–Crippen MR) is 125 cm³/mol. The smallest absolute Gasteiger partial charge is 0.395 e. The zero-order valence-electron chi connectivity index (χ0n) is 17.6. The first kappa shape index (κ1) is 24.5. The lowest BCUT2D eigenvalue weighted by molar-refractivity contribution is -0.137. The highest BCUT2D eigenvalue weighted by Crippen LogP contribution is 2.36. The maximum atomic E-state index is 13.3. The summed E-state index contributed by atoms with van der Waals surface area (Å²) >= 11 is 7.48. The van der Waals surface area contributed by atoms with E-state index in [9.17, 15) is 13.2 Å². The van der Waals surface area contributed by atoms with Crippen LogP contribution in [-0.4, -0.2) is 48.3 Å². The van der Waals surface area contributed by atoms with Crippen LogP contribution in [0.5, 0.6) is 0 Å². The molecule has 3 aromatic rings. The molecule has 9 heteroatoms. The van der Waals surface area contributed by atoms with E-state index in [1.54, 1.807) is 12.1 Å². The summed E-state index contributed by atoms with van der Waals surface area (Å²) in [4.78, 5) is 8.55. The number of hydrogen-bond acceptors (Lipinski definition) is 5. The number of aliphatic hydroxyl groups excluding tert-OH is 1. The molecule has 3 rings (SSSR count). The second-order valence-corrected chi connectivity index (χ2v) is 8.73. The van der Waals surface area contributed by atoms with E-state index in [2.05, 4.69) is 0 Å². The number of benzene rings is 2. The van der Waals surface area contributed by atoms with Gasteiger partial charge in [-0.2, -0.15) is 13.2 Å². The summed E-state index contributed by atoms with van der Waals surface area (Å²) in [7, 11) is 1.93. The van der Waals surface area contributed by atoms with Crippen molar-refractivity contribution < 1.29 is 18.3 Å². The van der Waals surface area contributed by atoms with Gasteiger partial charge >= 0.3 is 6.18 Å². The lowest BCUT2D eigenvalue weighted by Crippen LogP contribution is -2.25. The fourth-order valence-corrected chi connectivity index (χ4v) is 4.36. The van der Waals surface area contributed by atoms with Crippen LogP contribution in [0.25, 0.3) is 11.3 Å². The Hall–Kier alpha value is -2.13. The average molecular weight is 484 g/mol. The second-order valence-electron chi connectivity index (χ2n) is 7.46. The molecule has 0 radical (unpaired) electrons. The number of halogens is 4. The largest absolute Gasteiger partial charge is 0.416 e. The predicted octanol–water partition coefficient (Wildman–Crippen LogP) is 6.32. The zero-order valence-corrected chi connectivity index (χ0v) is 19.2. The molecule has 4 nitrogen and oxygen atoms in total. The SMILES string of the molecule is CN(CCO)CCCCN(c1cccc(C(F)(F)F)c1)c1nc(-c2cccc(Cl)c2)cs1. The minimum Gasteiger partial charge on any atom is -0.395 e. The maximum absolute atomic E-state index is 13.3. The summed E-state index contributed by atoms with van der Waals surface area (Å²) in [6.07, 6.45) is -2.81. The van der Waals surface area contributed by atoms with Crippen molar-refractivity contribution in [2.75, 3.05) is 38.2 Å². The Morgan fingerprint density at radius 2 is 1.78 bits per heavy atom. The Labute approximate surface area is 194 Å². The fourth-order valence-electron chi connectivity index (χ4n) is 3.29. The molecule has 0 saturated carbocycles. The highest BCUT2D eigenvalue weighted by Gasteiger charge is 2.31. The van der Waals surface area contributed by atoms with E-state index in [-0.39, 0.29) is 6.61 Å². The summed E-state index contributed by atoms with van der Waals surface area (Å²) in [6, 6.07) is 12.7. The summed E-state index contributed by atoms with van der Waals surface area (Å²) in [5.74, 6) is 0. The molecule has 0 saturated heterocycles. The number of thiazole rings is 1. The van der Waals surface area contributed by atoms with Gasteiger partial charge in [0.2, 0.25) is 0 Å². The number of alkyl halides is 3. The van der Waals surface area contributed by atoms with Gasteiger partial charge in [0.25, 0.3) is 0 Å². The van der Waals surface area contributed by atoms with Crippen molar-refractivity contribution in [2.24, 2.45) is 0 Å². The van der Waals surface area contributed by atoms with Gasteiger partial charge in [0, 0.05) is 34.7 Å². The van der Waals surface area contributed by atoms with Crippen molar-refractivity contribution in [3.63, 3.8) is 0 Å². The minimum absolute atomic E-state index is 0.0955. The van der Waals surface area contributed by atoms with Gasteiger partial charge in [0.15, 0.2) is 5.13 Å². The molecule has 0 aliphatic carbocycles. The molecule has 0 aliphatic rings.